The molecule has 2 rings (SSSR count). The first-order chi connectivity index (χ1) is 5.36. The number of hydrogen-bond donors (Lipinski definition) is 1. The van der Waals surface area contributed by atoms with Crippen LogP contribution in [0.2, 0.25) is 0 Å². The van der Waals surface area contributed by atoms with Gasteiger partial charge in [-0.15, -0.1) is 0 Å². The Hall–Kier alpha value is -0.0800. The molecule has 0 spiro atoms. The van der Waals surface area contributed by atoms with Gasteiger partial charge < -0.3 is 10.1 Å². The van der Waals surface area contributed by atoms with Crippen molar-refractivity contribution in [1.82, 2.24) is 5.32 Å². The molecule has 0 aromatic heterocycles. The van der Waals surface area contributed by atoms with Gasteiger partial charge >= 0.3 is 0 Å². The lowest BCUT2D eigenvalue weighted by Crippen LogP contribution is -2.29. The second kappa shape index (κ2) is 3.11. The molecule has 0 aromatic rings. The Labute approximate surface area is 68.3 Å². The summed E-state index contributed by atoms with van der Waals surface area (Å²) >= 11 is 0. The highest BCUT2D eigenvalue weighted by molar-refractivity contribution is 4.82. The van der Waals surface area contributed by atoms with E-state index in [1.54, 1.807) is 0 Å². The Kier molecular flexibility index (Phi) is 2.14. The second-order valence-electron chi connectivity index (χ2n) is 3.85. The molecule has 2 heteroatoms. The first-order valence-corrected chi connectivity index (χ1v) is 4.71. The van der Waals surface area contributed by atoms with Crippen molar-refractivity contribution in [1.29, 1.82) is 0 Å². The maximum Gasteiger partial charge on any atom is 0.0737 e. The molecule has 2 aliphatic rings. The highest BCUT2D eigenvalue weighted by Crippen LogP contribution is 2.29. The molecule has 1 N–H and O–H groups in total. The molecule has 0 radical (unpaired) electrons. The fourth-order valence-electron chi connectivity index (χ4n) is 1.61. The Bertz CT molecular complexity index is 134. The molecule has 0 amide bonds. The van der Waals surface area contributed by atoms with Crippen LogP contribution >= 0.6 is 0 Å². The Morgan fingerprint density at radius 1 is 1.36 bits per heavy atom. The average molecular weight is 155 g/mol. The third-order valence-corrected chi connectivity index (χ3v) is 2.70. The summed E-state index contributed by atoms with van der Waals surface area (Å²) in [5, 5.41) is 3.39. The Morgan fingerprint density at radius 3 is 2.73 bits per heavy atom. The summed E-state index contributed by atoms with van der Waals surface area (Å²) in [6, 6.07) is 0.578. The van der Waals surface area contributed by atoms with Gasteiger partial charge in [0, 0.05) is 12.6 Å². The van der Waals surface area contributed by atoms with Crippen LogP contribution < -0.4 is 5.32 Å². The average Bonchev–Trinajstić information content (AvgIpc) is 2.73. The van der Waals surface area contributed by atoms with Crippen molar-refractivity contribution in [2.24, 2.45) is 5.92 Å². The van der Waals surface area contributed by atoms with Crippen LogP contribution in [-0.4, -0.2) is 25.3 Å². The lowest BCUT2D eigenvalue weighted by Gasteiger charge is -2.15. The summed E-state index contributed by atoms with van der Waals surface area (Å²) in [7, 11) is 0. The van der Waals surface area contributed by atoms with E-state index in [1.165, 1.54) is 19.3 Å². The van der Waals surface area contributed by atoms with Crippen LogP contribution in [0.25, 0.3) is 0 Å². The summed E-state index contributed by atoms with van der Waals surface area (Å²) < 4.78 is 5.78. The molecule has 0 bridgehead atoms. The van der Waals surface area contributed by atoms with E-state index in [1.807, 2.05) is 0 Å². The number of rotatable bonds is 3. The minimum absolute atomic E-state index is 0.496. The third-order valence-electron chi connectivity index (χ3n) is 2.70. The molecule has 2 nitrogen and oxygen atoms in total. The van der Waals surface area contributed by atoms with E-state index in [9.17, 15) is 0 Å². The molecular weight excluding hydrogens is 138 g/mol. The predicted octanol–water partition coefficient (Wildman–Crippen LogP) is 1.16. The molecule has 1 heterocycles. The minimum atomic E-state index is 0.496. The quantitative estimate of drug-likeness (QED) is 0.660. The topological polar surface area (TPSA) is 21.3 Å². The molecule has 1 aliphatic carbocycles. The fraction of sp³-hybridized carbons (Fsp3) is 1.00. The molecular formula is C9H17NO. The van der Waals surface area contributed by atoms with Gasteiger partial charge in [-0.2, -0.15) is 0 Å². The van der Waals surface area contributed by atoms with Crippen molar-refractivity contribution < 1.29 is 4.74 Å². The molecule has 2 atom stereocenters. The monoisotopic (exact) mass is 155 g/mol. The smallest absolute Gasteiger partial charge is 0.0737 e. The first kappa shape index (κ1) is 7.56. The van der Waals surface area contributed by atoms with E-state index >= 15 is 0 Å². The maximum absolute atomic E-state index is 5.78. The Balaban J connectivity index is 1.67. The van der Waals surface area contributed by atoms with Crippen molar-refractivity contribution in [2.75, 3.05) is 13.2 Å². The minimum Gasteiger partial charge on any atom is -0.376 e. The van der Waals surface area contributed by atoms with Crippen molar-refractivity contribution in [3.05, 3.63) is 0 Å². The van der Waals surface area contributed by atoms with Crippen molar-refractivity contribution in [3.63, 3.8) is 0 Å². The van der Waals surface area contributed by atoms with Gasteiger partial charge in [0.15, 0.2) is 0 Å². The van der Waals surface area contributed by atoms with Crippen molar-refractivity contribution >= 4 is 0 Å². The number of ether oxygens (including phenoxy) is 1. The molecule has 0 aromatic carbocycles. The van der Waals surface area contributed by atoms with E-state index in [-0.39, 0.29) is 0 Å². The van der Waals surface area contributed by atoms with Gasteiger partial charge in [-0.1, -0.05) is 0 Å². The van der Waals surface area contributed by atoms with Crippen molar-refractivity contribution in [3.8, 4) is 0 Å². The van der Waals surface area contributed by atoms with Crippen LogP contribution in [0.4, 0.5) is 0 Å². The van der Waals surface area contributed by atoms with E-state index in [0.717, 1.165) is 19.1 Å². The lowest BCUT2D eigenvalue weighted by molar-refractivity contribution is 0.0417. The molecule has 64 valence electrons. The van der Waals surface area contributed by atoms with Gasteiger partial charge in [0.05, 0.1) is 6.10 Å². The summed E-state index contributed by atoms with van der Waals surface area (Å²) in [6.07, 6.45) is 4.49. The van der Waals surface area contributed by atoms with E-state index < -0.39 is 0 Å². The SMILES string of the molecule is C[C@@H]1NCC[C@@H]1OCC1CC1. The summed E-state index contributed by atoms with van der Waals surface area (Å²) in [5.41, 5.74) is 0. The third kappa shape index (κ3) is 1.94. The lowest BCUT2D eigenvalue weighted by atomic mass is 10.2. The molecule has 1 saturated heterocycles. The fourth-order valence-corrected chi connectivity index (χ4v) is 1.61. The molecule has 11 heavy (non-hydrogen) atoms. The van der Waals surface area contributed by atoms with Gasteiger partial charge in [-0.3, -0.25) is 0 Å². The van der Waals surface area contributed by atoms with Crippen LogP contribution in [0.3, 0.4) is 0 Å². The van der Waals surface area contributed by atoms with Crippen LogP contribution in [0.1, 0.15) is 26.2 Å². The predicted molar refractivity (Wildman–Crippen MR) is 44.5 cm³/mol. The summed E-state index contributed by atoms with van der Waals surface area (Å²) in [5.74, 6) is 0.905. The molecule has 1 aliphatic heterocycles. The first-order valence-electron chi connectivity index (χ1n) is 4.71. The number of nitrogens with one attached hydrogen (secondary N) is 1. The van der Waals surface area contributed by atoms with E-state index in [4.69, 9.17) is 4.74 Å². The van der Waals surface area contributed by atoms with Gasteiger partial charge in [-0.05, 0) is 38.6 Å². The molecule has 1 saturated carbocycles. The number of hydrogen-bond acceptors (Lipinski definition) is 2. The zero-order valence-corrected chi connectivity index (χ0v) is 7.18. The van der Waals surface area contributed by atoms with Gasteiger partial charge in [0.25, 0.3) is 0 Å². The van der Waals surface area contributed by atoms with Gasteiger partial charge in [0.1, 0.15) is 0 Å². The highest BCUT2D eigenvalue weighted by atomic mass is 16.5. The largest absolute Gasteiger partial charge is 0.376 e. The maximum atomic E-state index is 5.78. The van der Waals surface area contributed by atoms with E-state index in [0.29, 0.717) is 12.1 Å². The van der Waals surface area contributed by atoms with Crippen LogP contribution in [0, 0.1) is 5.92 Å². The van der Waals surface area contributed by atoms with Crippen LogP contribution in [0.15, 0.2) is 0 Å². The second-order valence-corrected chi connectivity index (χ2v) is 3.85. The summed E-state index contributed by atoms with van der Waals surface area (Å²) in [6.45, 7) is 4.36. The highest BCUT2D eigenvalue weighted by Gasteiger charge is 2.27. The normalized spacial score (nSPS) is 37.9. The van der Waals surface area contributed by atoms with Gasteiger partial charge in [0.2, 0.25) is 0 Å². The van der Waals surface area contributed by atoms with Crippen LogP contribution in [-0.2, 0) is 4.74 Å². The van der Waals surface area contributed by atoms with Crippen molar-refractivity contribution in [2.45, 2.75) is 38.3 Å². The molecule has 0 unspecified atom stereocenters. The van der Waals surface area contributed by atoms with Gasteiger partial charge in [-0.25, -0.2) is 0 Å². The zero-order chi connectivity index (χ0) is 7.68. The Morgan fingerprint density at radius 2 is 2.18 bits per heavy atom. The molecule has 2 fully saturated rings. The zero-order valence-electron chi connectivity index (χ0n) is 7.18. The van der Waals surface area contributed by atoms with Crippen LogP contribution in [0.5, 0.6) is 0 Å². The standard InChI is InChI=1S/C9H17NO/c1-7-9(4-5-10-7)11-6-8-2-3-8/h7-10H,2-6H2,1H3/t7-,9-/m0/s1. The summed E-state index contributed by atoms with van der Waals surface area (Å²) in [4.78, 5) is 0. The van der Waals surface area contributed by atoms with E-state index in [2.05, 4.69) is 12.2 Å².